The fourth-order valence-electron chi connectivity index (χ4n) is 2.32. The second-order valence-corrected chi connectivity index (χ2v) is 4.60. The predicted molar refractivity (Wildman–Crippen MR) is 69.4 cm³/mol. The van der Waals surface area contributed by atoms with Crippen molar-refractivity contribution in [2.24, 2.45) is 0 Å². The fourth-order valence-corrected chi connectivity index (χ4v) is 2.32. The van der Waals surface area contributed by atoms with E-state index in [0.29, 0.717) is 6.10 Å². The van der Waals surface area contributed by atoms with Crippen molar-refractivity contribution in [1.29, 1.82) is 0 Å². The Hall–Kier alpha value is -1.13. The van der Waals surface area contributed by atoms with Crippen LogP contribution in [0, 0.1) is 6.92 Å². The van der Waals surface area contributed by atoms with E-state index in [-0.39, 0.29) is 0 Å². The third-order valence-corrected chi connectivity index (χ3v) is 3.18. The van der Waals surface area contributed by atoms with Gasteiger partial charge in [0.15, 0.2) is 0 Å². The third-order valence-electron chi connectivity index (χ3n) is 3.18. The lowest BCUT2D eigenvalue weighted by molar-refractivity contribution is 0.121. The van der Waals surface area contributed by atoms with E-state index >= 15 is 0 Å². The quantitative estimate of drug-likeness (QED) is 0.854. The zero-order valence-corrected chi connectivity index (χ0v) is 10.9. The van der Waals surface area contributed by atoms with E-state index in [9.17, 15) is 0 Å². The van der Waals surface area contributed by atoms with Crippen molar-refractivity contribution in [2.45, 2.75) is 26.0 Å². The van der Waals surface area contributed by atoms with E-state index in [2.05, 4.69) is 27.3 Å². The van der Waals surface area contributed by atoms with E-state index in [0.717, 1.165) is 37.6 Å². The molecule has 0 aromatic carbocycles. The van der Waals surface area contributed by atoms with Crippen LogP contribution in [0.15, 0.2) is 12.1 Å². The van der Waals surface area contributed by atoms with E-state index in [4.69, 9.17) is 4.74 Å². The molecule has 1 aromatic heterocycles. The molecule has 17 heavy (non-hydrogen) atoms. The van der Waals surface area contributed by atoms with Gasteiger partial charge in [0.1, 0.15) is 5.82 Å². The maximum atomic E-state index is 5.39. The van der Waals surface area contributed by atoms with Gasteiger partial charge in [0, 0.05) is 32.4 Å². The average molecular weight is 235 g/mol. The maximum Gasteiger partial charge on any atom is 0.129 e. The summed E-state index contributed by atoms with van der Waals surface area (Å²) < 4.78 is 5.39. The van der Waals surface area contributed by atoms with Gasteiger partial charge in [-0.15, -0.1) is 0 Å². The van der Waals surface area contributed by atoms with Crippen LogP contribution >= 0.6 is 0 Å². The van der Waals surface area contributed by atoms with Gasteiger partial charge < -0.3 is 15.0 Å². The third kappa shape index (κ3) is 2.96. The van der Waals surface area contributed by atoms with Crippen molar-refractivity contribution < 1.29 is 4.74 Å². The highest BCUT2D eigenvalue weighted by Gasteiger charge is 2.23. The first-order valence-corrected chi connectivity index (χ1v) is 6.13. The second-order valence-electron chi connectivity index (χ2n) is 4.60. The van der Waals surface area contributed by atoms with Gasteiger partial charge in [0.2, 0.25) is 0 Å². The van der Waals surface area contributed by atoms with Crippen molar-refractivity contribution >= 4 is 5.82 Å². The molecular formula is C13H21N3O. The van der Waals surface area contributed by atoms with Crippen molar-refractivity contribution in [3.05, 3.63) is 23.4 Å². The Labute approximate surface area is 103 Å². The first-order valence-electron chi connectivity index (χ1n) is 6.13. The molecule has 94 valence electrons. The molecule has 4 heteroatoms. The lowest BCUT2D eigenvalue weighted by atomic mass is 10.2. The number of rotatable bonds is 4. The standard InChI is InChI=1S/C13H21N3O/c1-10-6-11(8-14-2)7-13(15-10)16-5-4-12(9-16)17-3/h6-7,12,14H,4-5,8-9H2,1-3H3. The normalized spacial score (nSPS) is 19.9. The second kappa shape index (κ2) is 5.47. The molecule has 1 aliphatic heterocycles. The lowest BCUT2D eigenvalue weighted by Crippen LogP contribution is -2.23. The molecule has 1 unspecified atom stereocenters. The molecule has 1 fully saturated rings. The van der Waals surface area contributed by atoms with Crippen LogP contribution < -0.4 is 10.2 Å². The van der Waals surface area contributed by atoms with Crippen LogP contribution in [-0.2, 0) is 11.3 Å². The number of aryl methyl sites for hydroxylation is 1. The van der Waals surface area contributed by atoms with E-state index in [1.807, 2.05) is 14.0 Å². The molecule has 2 rings (SSSR count). The Bertz CT molecular complexity index is 381. The largest absolute Gasteiger partial charge is 0.380 e. The summed E-state index contributed by atoms with van der Waals surface area (Å²) in [7, 11) is 3.75. The van der Waals surface area contributed by atoms with Gasteiger partial charge in [-0.3, -0.25) is 0 Å². The van der Waals surface area contributed by atoms with Crippen LogP contribution in [0.2, 0.25) is 0 Å². The molecule has 1 atom stereocenters. The number of ether oxygens (including phenoxy) is 1. The van der Waals surface area contributed by atoms with Gasteiger partial charge in [-0.1, -0.05) is 0 Å². The molecule has 0 spiro atoms. The molecule has 4 nitrogen and oxygen atoms in total. The van der Waals surface area contributed by atoms with Crippen LogP contribution in [0.5, 0.6) is 0 Å². The molecular weight excluding hydrogens is 214 g/mol. The van der Waals surface area contributed by atoms with Crippen LogP contribution in [0.1, 0.15) is 17.7 Å². The minimum Gasteiger partial charge on any atom is -0.380 e. The summed E-state index contributed by atoms with van der Waals surface area (Å²) in [6, 6.07) is 4.30. The highest BCUT2D eigenvalue weighted by Crippen LogP contribution is 2.21. The Kier molecular flexibility index (Phi) is 3.97. The van der Waals surface area contributed by atoms with Gasteiger partial charge in [-0.25, -0.2) is 4.98 Å². The smallest absolute Gasteiger partial charge is 0.129 e. The molecule has 0 bridgehead atoms. The monoisotopic (exact) mass is 235 g/mol. The summed E-state index contributed by atoms with van der Waals surface area (Å²) in [6.45, 7) is 4.92. The molecule has 1 aliphatic rings. The number of pyridine rings is 1. The summed E-state index contributed by atoms with van der Waals surface area (Å²) >= 11 is 0. The molecule has 0 aliphatic carbocycles. The van der Waals surface area contributed by atoms with Gasteiger partial charge in [0.05, 0.1) is 6.10 Å². The minimum absolute atomic E-state index is 0.352. The number of methoxy groups -OCH3 is 1. The molecule has 1 aromatic rings. The number of aromatic nitrogens is 1. The highest BCUT2D eigenvalue weighted by molar-refractivity contribution is 5.43. The van der Waals surface area contributed by atoms with Gasteiger partial charge >= 0.3 is 0 Å². The first-order chi connectivity index (χ1) is 8.22. The lowest BCUT2D eigenvalue weighted by Gasteiger charge is -2.18. The number of hydrogen-bond donors (Lipinski definition) is 1. The number of anilines is 1. The maximum absolute atomic E-state index is 5.39. The zero-order chi connectivity index (χ0) is 12.3. The molecule has 0 saturated carbocycles. The molecule has 0 amide bonds. The van der Waals surface area contributed by atoms with Crippen molar-refractivity contribution in [2.75, 3.05) is 32.1 Å². The summed E-state index contributed by atoms with van der Waals surface area (Å²) in [5.74, 6) is 1.08. The van der Waals surface area contributed by atoms with Crippen molar-refractivity contribution in [3.8, 4) is 0 Å². The zero-order valence-electron chi connectivity index (χ0n) is 10.9. The molecule has 1 saturated heterocycles. The van der Waals surface area contributed by atoms with E-state index in [1.54, 1.807) is 7.11 Å². The Morgan fingerprint density at radius 1 is 1.53 bits per heavy atom. The van der Waals surface area contributed by atoms with E-state index in [1.165, 1.54) is 5.56 Å². The average Bonchev–Trinajstić information content (AvgIpc) is 2.77. The fraction of sp³-hybridized carbons (Fsp3) is 0.615. The first kappa shape index (κ1) is 12.3. The number of hydrogen-bond acceptors (Lipinski definition) is 4. The summed E-state index contributed by atoms with van der Waals surface area (Å²) in [5, 5.41) is 3.18. The topological polar surface area (TPSA) is 37.4 Å². The minimum atomic E-state index is 0.352. The predicted octanol–water partition coefficient (Wildman–Crippen LogP) is 1.33. The molecule has 2 heterocycles. The van der Waals surface area contributed by atoms with Gasteiger partial charge in [-0.05, 0) is 38.1 Å². The Morgan fingerprint density at radius 3 is 3.00 bits per heavy atom. The summed E-state index contributed by atoms with van der Waals surface area (Å²) in [6.07, 6.45) is 1.44. The van der Waals surface area contributed by atoms with Crippen LogP contribution in [0.25, 0.3) is 0 Å². The van der Waals surface area contributed by atoms with Crippen LogP contribution in [0.4, 0.5) is 5.82 Å². The van der Waals surface area contributed by atoms with Gasteiger partial charge in [0.25, 0.3) is 0 Å². The van der Waals surface area contributed by atoms with E-state index < -0.39 is 0 Å². The number of nitrogens with zero attached hydrogens (tertiary/aromatic N) is 2. The van der Waals surface area contributed by atoms with Gasteiger partial charge in [-0.2, -0.15) is 0 Å². The van der Waals surface area contributed by atoms with Crippen molar-refractivity contribution in [1.82, 2.24) is 10.3 Å². The van der Waals surface area contributed by atoms with Crippen LogP contribution in [-0.4, -0.2) is 38.3 Å². The summed E-state index contributed by atoms with van der Waals surface area (Å²) in [5.41, 5.74) is 2.37. The summed E-state index contributed by atoms with van der Waals surface area (Å²) in [4.78, 5) is 6.92. The molecule has 1 N–H and O–H groups in total. The Morgan fingerprint density at radius 2 is 2.35 bits per heavy atom. The Balaban J connectivity index is 2.15. The molecule has 0 radical (unpaired) electrons. The highest BCUT2D eigenvalue weighted by atomic mass is 16.5. The van der Waals surface area contributed by atoms with Crippen molar-refractivity contribution in [3.63, 3.8) is 0 Å². The SMILES string of the molecule is CNCc1cc(C)nc(N2CCC(OC)C2)c1. The van der Waals surface area contributed by atoms with Crippen LogP contribution in [0.3, 0.4) is 0 Å². The number of nitrogens with one attached hydrogen (secondary N) is 1.